The summed E-state index contributed by atoms with van der Waals surface area (Å²) in [5.74, 6) is 0. The van der Waals surface area contributed by atoms with Crippen LogP contribution in [-0.4, -0.2) is 9.55 Å². The van der Waals surface area contributed by atoms with Gasteiger partial charge >= 0.3 is 0 Å². The van der Waals surface area contributed by atoms with Gasteiger partial charge in [-0.05, 0) is 42.0 Å². The third-order valence-electron chi connectivity index (χ3n) is 9.36. The van der Waals surface area contributed by atoms with Crippen molar-refractivity contribution in [2.75, 3.05) is 0 Å². The number of furan rings is 1. The Morgan fingerprint density at radius 1 is 0.478 bits per heavy atom. The summed E-state index contributed by atoms with van der Waals surface area (Å²) in [6.45, 7) is 0. The highest BCUT2D eigenvalue weighted by Crippen LogP contribution is 2.43. The van der Waals surface area contributed by atoms with Crippen molar-refractivity contribution in [3.8, 4) is 28.1 Å². The monoisotopic (exact) mass is 586 g/mol. The molecule has 0 saturated carbocycles. The zero-order valence-electron chi connectivity index (χ0n) is 24.8. The highest BCUT2D eigenvalue weighted by Gasteiger charge is 2.20. The van der Waals surface area contributed by atoms with Crippen molar-refractivity contribution in [3.63, 3.8) is 0 Å². The van der Waals surface area contributed by atoms with Gasteiger partial charge in [-0.3, -0.25) is 0 Å². The molecule has 10 rings (SSSR count). The number of nitrogens with zero attached hydrogens (tertiary/aromatic N) is 2. The topological polar surface area (TPSA) is 31.0 Å². The zero-order chi connectivity index (χ0) is 30.2. The molecule has 0 amide bonds. The lowest BCUT2D eigenvalue weighted by molar-refractivity contribution is 0.670. The fourth-order valence-electron chi connectivity index (χ4n) is 7.36. The predicted octanol–water partition coefficient (Wildman–Crippen LogP) is 11.7. The van der Waals surface area contributed by atoms with E-state index in [1.807, 2.05) is 12.1 Å². The summed E-state index contributed by atoms with van der Waals surface area (Å²) in [6.07, 6.45) is 0. The van der Waals surface area contributed by atoms with Gasteiger partial charge in [-0.25, -0.2) is 4.98 Å². The Kier molecular flexibility index (Phi) is 5.28. The molecule has 0 bridgehead atoms. The minimum atomic E-state index is 0.904. The van der Waals surface area contributed by atoms with Crippen LogP contribution < -0.4 is 0 Å². The molecule has 0 spiro atoms. The van der Waals surface area contributed by atoms with Gasteiger partial charge in [-0.2, -0.15) is 0 Å². The van der Waals surface area contributed by atoms with Crippen LogP contribution in [0, 0.1) is 0 Å². The molecule has 0 fully saturated rings. The Morgan fingerprint density at radius 2 is 1.17 bits per heavy atom. The average Bonchev–Trinajstić information content (AvgIpc) is 3.68. The molecular weight excluding hydrogens is 560 g/mol. The Bertz CT molecular complexity index is 2800. The Labute approximate surface area is 264 Å². The van der Waals surface area contributed by atoms with Crippen molar-refractivity contribution in [3.05, 3.63) is 158 Å². The largest absolute Gasteiger partial charge is 0.455 e. The quantitative estimate of drug-likeness (QED) is 0.193. The second-order valence-electron chi connectivity index (χ2n) is 11.9. The number of para-hydroxylation sites is 5. The highest BCUT2D eigenvalue weighted by atomic mass is 16.3. The van der Waals surface area contributed by atoms with Crippen LogP contribution in [0.25, 0.3) is 93.5 Å². The number of benzene rings is 7. The highest BCUT2D eigenvalue weighted by molar-refractivity contribution is 6.27. The fourth-order valence-corrected chi connectivity index (χ4v) is 7.36. The summed E-state index contributed by atoms with van der Waals surface area (Å²) in [6, 6.07) is 55.9. The Balaban J connectivity index is 1.29. The lowest BCUT2D eigenvalue weighted by atomic mass is 9.95. The summed E-state index contributed by atoms with van der Waals surface area (Å²) in [5, 5.41) is 8.23. The van der Waals surface area contributed by atoms with Gasteiger partial charge in [0.25, 0.3) is 0 Å². The van der Waals surface area contributed by atoms with Crippen molar-refractivity contribution in [1.82, 2.24) is 9.55 Å². The van der Waals surface area contributed by atoms with E-state index >= 15 is 0 Å². The van der Waals surface area contributed by atoms with Crippen molar-refractivity contribution < 1.29 is 4.42 Å². The van der Waals surface area contributed by atoms with Gasteiger partial charge in [0.1, 0.15) is 11.2 Å². The molecule has 7 aromatic carbocycles. The maximum atomic E-state index is 6.43. The van der Waals surface area contributed by atoms with E-state index in [-0.39, 0.29) is 0 Å². The molecule has 3 heterocycles. The molecule has 46 heavy (non-hydrogen) atoms. The van der Waals surface area contributed by atoms with Crippen LogP contribution in [0.4, 0.5) is 0 Å². The number of aromatic nitrogens is 2. The number of hydrogen-bond donors (Lipinski definition) is 0. The molecule has 0 aliphatic heterocycles. The number of fused-ring (bicyclic) bond motifs is 10. The summed E-state index contributed by atoms with van der Waals surface area (Å²) < 4.78 is 8.84. The molecule has 0 aliphatic carbocycles. The summed E-state index contributed by atoms with van der Waals surface area (Å²) >= 11 is 0. The maximum Gasteiger partial charge on any atom is 0.143 e. The minimum Gasteiger partial charge on any atom is -0.455 e. The fraction of sp³-hybridized carbons (Fsp3) is 0. The van der Waals surface area contributed by atoms with Gasteiger partial charge in [0.05, 0.1) is 22.2 Å². The zero-order valence-corrected chi connectivity index (χ0v) is 24.8. The lowest BCUT2D eigenvalue weighted by Crippen LogP contribution is -1.96. The number of pyridine rings is 1. The molecule has 0 radical (unpaired) electrons. The van der Waals surface area contributed by atoms with Crippen LogP contribution in [0.15, 0.2) is 162 Å². The van der Waals surface area contributed by atoms with Crippen molar-refractivity contribution >= 4 is 65.4 Å². The van der Waals surface area contributed by atoms with Gasteiger partial charge < -0.3 is 8.98 Å². The molecule has 3 aromatic heterocycles. The molecule has 10 aromatic rings. The molecular formula is C43H26N2O. The number of hydrogen-bond acceptors (Lipinski definition) is 2. The van der Waals surface area contributed by atoms with Crippen LogP contribution in [0.5, 0.6) is 0 Å². The molecule has 0 saturated heterocycles. The average molecular weight is 587 g/mol. The van der Waals surface area contributed by atoms with E-state index in [0.29, 0.717) is 0 Å². The van der Waals surface area contributed by atoms with Crippen LogP contribution in [0.1, 0.15) is 0 Å². The molecule has 0 unspecified atom stereocenters. The Morgan fingerprint density at radius 3 is 2.09 bits per heavy atom. The minimum absolute atomic E-state index is 0.904. The van der Waals surface area contributed by atoms with Crippen molar-refractivity contribution in [1.29, 1.82) is 0 Å². The Hall–Kier alpha value is -6.19. The lowest BCUT2D eigenvalue weighted by Gasteiger charge is -2.15. The molecule has 3 nitrogen and oxygen atoms in total. The number of rotatable bonds is 3. The first-order chi connectivity index (χ1) is 22.8. The summed E-state index contributed by atoms with van der Waals surface area (Å²) in [7, 11) is 0. The predicted molar refractivity (Wildman–Crippen MR) is 192 cm³/mol. The van der Waals surface area contributed by atoms with Gasteiger partial charge in [0.15, 0.2) is 0 Å². The summed E-state index contributed by atoms with van der Waals surface area (Å²) in [4.78, 5) is 5.34. The van der Waals surface area contributed by atoms with Gasteiger partial charge in [0, 0.05) is 54.5 Å². The van der Waals surface area contributed by atoms with Crippen LogP contribution in [0.2, 0.25) is 0 Å². The summed E-state index contributed by atoms with van der Waals surface area (Å²) in [5.41, 5.74) is 10.6. The van der Waals surface area contributed by atoms with Crippen LogP contribution in [0.3, 0.4) is 0 Å². The standard InChI is InChI=1S/C43H26N2O/c1-2-14-29(15-3-1)45-38-22-8-5-16-31(38)33-24-25-36-40(42(33)45)35-18-4-7-21-37(35)44-41(36)28-13-10-12-27(26-28)30-19-11-20-34-32-17-6-9-23-39(32)46-43(30)34/h1-26H. The molecule has 214 valence electrons. The normalized spacial score (nSPS) is 11.9. The van der Waals surface area contributed by atoms with E-state index in [1.54, 1.807) is 0 Å². The second-order valence-corrected chi connectivity index (χ2v) is 11.9. The van der Waals surface area contributed by atoms with E-state index in [4.69, 9.17) is 9.40 Å². The van der Waals surface area contributed by atoms with Gasteiger partial charge in [-0.15, -0.1) is 0 Å². The van der Waals surface area contributed by atoms with Gasteiger partial charge in [-0.1, -0.05) is 121 Å². The van der Waals surface area contributed by atoms with E-state index in [0.717, 1.165) is 66.3 Å². The van der Waals surface area contributed by atoms with E-state index in [2.05, 4.69) is 150 Å². The first-order valence-corrected chi connectivity index (χ1v) is 15.6. The first kappa shape index (κ1) is 25.2. The van der Waals surface area contributed by atoms with Crippen LogP contribution in [-0.2, 0) is 0 Å². The third kappa shape index (κ3) is 3.57. The third-order valence-corrected chi connectivity index (χ3v) is 9.36. The molecule has 0 atom stereocenters. The molecule has 3 heteroatoms. The SMILES string of the molecule is c1ccc(-n2c3ccccc3c3ccc4c(-c5cccc(-c6cccc7c6oc6ccccc67)c5)nc5ccccc5c4c32)cc1. The van der Waals surface area contributed by atoms with Crippen molar-refractivity contribution in [2.45, 2.75) is 0 Å². The molecule has 0 N–H and O–H groups in total. The first-order valence-electron chi connectivity index (χ1n) is 15.6. The van der Waals surface area contributed by atoms with Gasteiger partial charge in [0.2, 0.25) is 0 Å². The maximum absolute atomic E-state index is 6.43. The van der Waals surface area contributed by atoms with E-state index in [1.165, 1.54) is 27.2 Å². The van der Waals surface area contributed by atoms with Crippen LogP contribution >= 0.6 is 0 Å². The second kappa shape index (κ2) is 9.65. The van der Waals surface area contributed by atoms with E-state index < -0.39 is 0 Å². The smallest absolute Gasteiger partial charge is 0.143 e. The van der Waals surface area contributed by atoms with E-state index in [9.17, 15) is 0 Å². The van der Waals surface area contributed by atoms with Crippen molar-refractivity contribution in [2.24, 2.45) is 0 Å². The molecule has 0 aliphatic rings.